The molecule has 2 heteroatoms. The molecular formula is C70H60O2. The van der Waals surface area contributed by atoms with Gasteiger partial charge in [-0.25, -0.2) is 0 Å². The molecule has 0 bridgehead atoms. The van der Waals surface area contributed by atoms with Crippen LogP contribution in [0, 0.1) is 27.7 Å². The van der Waals surface area contributed by atoms with Gasteiger partial charge >= 0.3 is 0 Å². The van der Waals surface area contributed by atoms with E-state index in [-0.39, 0.29) is 22.2 Å². The molecule has 3 aliphatic rings. The van der Waals surface area contributed by atoms with Gasteiger partial charge in [0.25, 0.3) is 0 Å². The van der Waals surface area contributed by atoms with Gasteiger partial charge in [0.2, 0.25) is 0 Å². The molecule has 0 saturated heterocycles. The van der Waals surface area contributed by atoms with E-state index < -0.39 is 0 Å². The molecule has 3 aliphatic carbocycles. The predicted octanol–water partition coefficient (Wildman–Crippen LogP) is 19.1. The Hall–Kier alpha value is -7.42. The molecule has 2 nitrogen and oxygen atoms in total. The molecule has 9 aromatic carbocycles. The SMILES string of the molecule is Cc1cc(C)cc(C(CCc2ccc3c(c2)C(C)(C)c2cc(-c4ccc(C)cc4C)c4oc5ccccc5c4c2-3)c2ccc3c(c2)C(C)(C)c2c4c(c5c(oc6ccccc65)c2-3)-c2ccccc2C4(C)C)c1. The summed E-state index contributed by atoms with van der Waals surface area (Å²) >= 11 is 0. The molecule has 14 rings (SSSR count). The van der Waals surface area contributed by atoms with Gasteiger partial charge in [0.15, 0.2) is 0 Å². The van der Waals surface area contributed by atoms with Gasteiger partial charge < -0.3 is 8.83 Å². The topological polar surface area (TPSA) is 26.3 Å². The highest BCUT2D eigenvalue weighted by Gasteiger charge is 2.49. The van der Waals surface area contributed by atoms with E-state index >= 15 is 0 Å². The van der Waals surface area contributed by atoms with Crippen molar-refractivity contribution < 1.29 is 8.83 Å². The fraction of sp³-hybridized carbons (Fsp3) is 0.229. The van der Waals surface area contributed by atoms with Crippen LogP contribution in [0.4, 0.5) is 0 Å². The number of benzene rings is 9. The Kier molecular flexibility index (Phi) is 8.93. The Bertz CT molecular complexity index is 4160. The molecule has 0 fully saturated rings. The first-order valence-corrected chi connectivity index (χ1v) is 26.2. The van der Waals surface area contributed by atoms with Crippen molar-refractivity contribution in [3.05, 3.63) is 224 Å². The van der Waals surface area contributed by atoms with E-state index in [4.69, 9.17) is 8.83 Å². The van der Waals surface area contributed by atoms with E-state index in [1.54, 1.807) is 0 Å². The first-order valence-electron chi connectivity index (χ1n) is 26.2. The minimum absolute atomic E-state index is 0.182. The van der Waals surface area contributed by atoms with Crippen LogP contribution in [0.15, 0.2) is 160 Å². The number of para-hydroxylation sites is 2. The highest BCUT2D eigenvalue weighted by Crippen LogP contribution is 2.63. The van der Waals surface area contributed by atoms with Crippen molar-refractivity contribution in [2.45, 2.75) is 104 Å². The van der Waals surface area contributed by atoms with E-state index in [1.807, 2.05) is 0 Å². The van der Waals surface area contributed by atoms with Crippen LogP contribution in [0.1, 0.15) is 126 Å². The highest BCUT2D eigenvalue weighted by atomic mass is 16.3. The molecule has 352 valence electrons. The first-order chi connectivity index (χ1) is 34.6. The minimum atomic E-state index is -0.269. The molecule has 0 spiro atoms. The lowest BCUT2D eigenvalue weighted by Crippen LogP contribution is -2.24. The van der Waals surface area contributed by atoms with Crippen molar-refractivity contribution >= 4 is 43.9 Å². The van der Waals surface area contributed by atoms with Gasteiger partial charge in [0.1, 0.15) is 22.3 Å². The van der Waals surface area contributed by atoms with E-state index in [0.717, 1.165) is 35.2 Å². The lowest BCUT2D eigenvalue weighted by molar-refractivity contribution is 0.599. The normalized spacial score (nSPS) is 15.8. The van der Waals surface area contributed by atoms with Crippen molar-refractivity contribution in [3.8, 4) is 44.5 Å². The number of fused-ring (bicyclic) bond motifs is 19. The summed E-state index contributed by atoms with van der Waals surface area (Å²) in [6, 6.07) is 57.7. The molecule has 0 N–H and O–H groups in total. The van der Waals surface area contributed by atoms with Crippen molar-refractivity contribution in [3.63, 3.8) is 0 Å². The van der Waals surface area contributed by atoms with Crippen LogP contribution in [0.5, 0.6) is 0 Å². The van der Waals surface area contributed by atoms with Crippen molar-refractivity contribution in [2.24, 2.45) is 0 Å². The Morgan fingerprint density at radius 2 is 0.986 bits per heavy atom. The number of furan rings is 2. The predicted molar refractivity (Wildman–Crippen MR) is 301 cm³/mol. The van der Waals surface area contributed by atoms with Gasteiger partial charge in [0.05, 0.1) is 0 Å². The molecule has 2 aromatic heterocycles. The Labute approximate surface area is 423 Å². The zero-order chi connectivity index (χ0) is 49.3. The second kappa shape index (κ2) is 14.8. The first kappa shape index (κ1) is 43.4. The van der Waals surface area contributed by atoms with Crippen LogP contribution >= 0.6 is 0 Å². The average Bonchev–Trinajstić information content (AvgIpc) is 4.10. The van der Waals surface area contributed by atoms with E-state index in [2.05, 4.69) is 221 Å². The number of aryl methyl sites for hydroxylation is 5. The molecule has 1 unspecified atom stereocenters. The highest BCUT2D eigenvalue weighted by molar-refractivity contribution is 6.21. The van der Waals surface area contributed by atoms with Crippen LogP contribution in [0.3, 0.4) is 0 Å². The van der Waals surface area contributed by atoms with Gasteiger partial charge in [0, 0.05) is 54.8 Å². The summed E-state index contributed by atoms with van der Waals surface area (Å²) in [4.78, 5) is 0. The number of hydrogen-bond donors (Lipinski definition) is 0. The van der Waals surface area contributed by atoms with Crippen LogP contribution in [-0.4, -0.2) is 0 Å². The number of hydrogen-bond acceptors (Lipinski definition) is 2. The van der Waals surface area contributed by atoms with Crippen molar-refractivity contribution in [2.75, 3.05) is 0 Å². The summed E-state index contributed by atoms with van der Waals surface area (Å²) in [5.41, 5.74) is 31.3. The smallest absolute Gasteiger partial charge is 0.144 e. The third-order valence-corrected chi connectivity index (χ3v) is 17.7. The third kappa shape index (κ3) is 5.84. The monoisotopic (exact) mass is 932 g/mol. The van der Waals surface area contributed by atoms with Crippen LogP contribution in [-0.2, 0) is 22.7 Å². The maximum atomic E-state index is 7.05. The molecule has 2 heterocycles. The zero-order valence-electron chi connectivity index (χ0n) is 43.2. The van der Waals surface area contributed by atoms with E-state index in [0.29, 0.717) is 0 Å². The maximum Gasteiger partial charge on any atom is 0.144 e. The molecule has 0 radical (unpaired) electrons. The molecule has 0 aliphatic heterocycles. The zero-order valence-corrected chi connectivity index (χ0v) is 43.2. The third-order valence-electron chi connectivity index (χ3n) is 17.7. The van der Waals surface area contributed by atoms with Crippen molar-refractivity contribution in [1.29, 1.82) is 0 Å². The summed E-state index contributed by atoms with van der Waals surface area (Å²) in [6.45, 7) is 23.6. The van der Waals surface area contributed by atoms with E-state index in [1.165, 1.54) is 138 Å². The summed E-state index contributed by atoms with van der Waals surface area (Å²) in [5.74, 6) is 0.196. The molecular weight excluding hydrogens is 873 g/mol. The summed E-state index contributed by atoms with van der Waals surface area (Å²) in [5, 5.41) is 4.86. The fourth-order valence-electron chi connectivity index (χ4n) is 14.4. The molecule has 72 heavy (non-hydrogen) atoms. The lowest BCUT2D eigenvalue weighted by Gasteiger charge is -2.31. The fourth-order valence-corrected chi connectivity index (χ4v) is 14.4. The van der Waals surface area contributed by atoms with Crippen LogP contribution in [0.2, 0.25) is 0 Å². The number of rotatable bonds is 6. The van der Waals surface area contributed by atoms with Crippen LogP contribution in [0.25, 0.3) is 88.4 Å². The van der Waals surface area contributed by atoms with E-state index in [9.17, 15) is 0 Å². The van der Waals surface area contributed by atoms with Gasteiger partial charge in [-0.1, -0.05) is 192 Å². The summed E-state index contributed by atoms with van der Waals surface area (Å²) < 4.78 is 13.9. The summed E-state index contributed by atoms with van der Waals surface area (Å²) in [6.07, 6.45) is 1.94. The largest absolute Gasteiger partial charge is 0.455 e. The lowest BCUT2D eigenvalue weighted by atomic mass is 9.71. The quantitative estimate of drug-likeness (QED) is 0.166. The summed E-state index contributed by atoms with van der Waals surface area (Å²) in [7, 11) is 0. The van der Waals surface area contributed by atoms with Gasteiger partial charge in [-0.2, -0.15) is 0 Å². The standard InChI is InChI=1S/C70H60O2/c1-38-23-27-45(41(4)32-38)52-37-56-59(61-50-18-12-15-21-57(50)71-66(52)61)48-29-25-42(35-54(48)68(56,5)6)24-28-46(44-33-39(2)31-40(3)34-44)43-26-30-49-55(36-43)70(9,10)65-63(49)67-62(51-19-13-16-22-58(51)72-67)60-47-17-11-14-20-53(47)69(7,8)64(60)65/h11-23,25-27,29-37,46H,24,28H2,1-10H3. The van der Waals surface area contributed by atoms with Crippen LogP contribution < -0.4 is 0 Å². The van der Waals surface area contributed by atoms with Gasteiger partial charge in [-0.15, -0.1) is 0 Å². The molecule has 1 atom stereocenters. The molecule has 0 saturated carbocycles. The Morgan fingerprint density at radius 3 is 1.72 bits per heavy atom. The second-order valence-corrected chi connectivity index (χ2v) is 23.4. The molecule has 11 aromatic rings. The maximum absolute atomic E-state index is 7.05. The Balaban J connectivity index is 0.891. The van der Waals surface area contributed by atoms with Gasteiger partial charge in [-0.3, -0.25) is 0 Å². The molecule has 0 amide bonds. The van der Waals surface area contributed by atoms with Crippen molar-refractivity contribution in [1.82, 2.24) is 0 Å². The minimum Gasteiger partial charge on any atom is -0.455 e. The van der Waals surface area contributed by atoms with Gasteiger partial charge in [-0.05, 0) is 148 Å². The second-order valence-electron chi connectivity index (χ2n) is 23.4. The average molecular weight is 933 g/mol. The Morgan fingerprint density at radius 1 is 0.403 bits per heavy atom.